The van der Waals surface area contributed by atoms with Crippen LogP contribution in [0.1, 0.15) is 22.8 Å². The van der Waals surface area contributed by atoms with E-state index in [4.69, 9.17) is 8.60 Å². The highest BCUT2D eigenvalue weighted by Crippen LogP contribution is 2.21. The molecule has 0 N–H and O–H groups in total. The lowest BCUT2D eigenvalue weighted by Gasteiger charge is -2.19. The molecule has 0 amide bonds. The molecule has 8 heteroatoms. The van der Waals surface area contributed by atoms with Crippen molar-refractivity contribution in [2.45, 2.75) is 18.7 Å². The standard InChI is InChI=1S/C21H21NO6S/c1-14-4-8-18(9-5-14)29(25,26)27-11-10-22(3)17-7-6-16-12-19(15(2)23)21(24)28-20(16)13-17/h4-9,12-13H,10-11H2,1-3H3. The van der Waals surface area contributed by atoms with E-state index in [1.54, 1.807) is 42.3 Å². The topological polar surface area (TPSA) is 93.9 Å². The molecule has 0 bridgehead atoms. The molecule has 0 spiro atoms. The van der Waals surface area contributed by atoms with Crippen LogP contribution in [0, 0.1) is 6.92 Å². The number of rotatable bonds is 7. The minimum absolute atomic E-state index is 0.00770. The molecule has 0 radical (unpaired) electrons. The Bertz CT molecular complexity index is 1210. The Morgan fingerprint density at radius 3 is 2.45 bits per heavy atom. The van der Waals surface area contributed by atoms with Crippen molar-refractivity contribution in [3.63, 3.8) is 0 Å². The van der Waals surface area contributed by atoms with E-state index < -0.39 is 15.7 Å². The summed E-state index contributed by atoms with van der Waals surface area (Å²) < 4.78 is 34.8. The molecule has 0 saturated carbocycles. The van der Waals surface area contributed by atoms with Gasteiger partial charge in [-0.2, -0.15) is 8.42 Å². The summed E-state index contributed by atoms with van der Waals surface area (Å²) in [6, 6.07) is 13.1. The Labute approximate surface area is 168 Å². The number of carbonyl (C=O) groups excluding carboxylic acids is 1. The van der Waals surface area contributed by atoms with Gasteiger partial charge in [0, 0.05) is 30.7 Å². The number of anilines is 1. The zero-order valence-electron chi connectivity index (χ0n) is 16.3. The van der Waals surface area contributed by atoms with Crippen LogP contribution in [0.3, 0.4) is 0 Å². The zero-order valence-corrected chi connectivity index (χ0v) is 17.2. The largest absolute Gasteiger partial charge is 0.422 e. The summed E-state index contributed by atoms with van der Waals surface area (Å²) in [5, 5.41) is 0.630. The Hall–Kier alpha value is -2.97. The summed E-state index contributed by atoms with van der Waals surface area (Å²) in [7, 11) is -2.06. The normalized spacial score (nSPS) is 11.6. The van der Waals surface area contributed by atoms with Crippen molar-refractivity contribution in [2.75, 3.05) is 25.1 Å². The smallest absolute Gasteiger partial charge is 0.347 e. The average molecular weight is 415 g/mol. The van der Waals surface area contributed by atoms with Crippen LogP contribution in [-0.4, -0.2) is 34.4 Å². The minimum Gasteiger partial charge on any atom is -0.422 e. The number of hydrogen-bond acceptors (Lipinski definition) is 7. The molecule has 0 atom stereocenters. The molecule has 0 unspecified atom stereocenters. The lowest BCUT2D eigenvalue weighted by molar-refractivity contribution is 0.101. The fourth-order valence-corrected chi connectivity index (χ4v) is 3.67. The first-order valence-electron chi connectivity index (χ1n) is 8.93. The maximum atomic E-state index is 12.2. The first-order chi connectivity index (χ1) is 13.7. The van der Waals surface area contributed by atoms with Crippen LogP contribution in [0.15, 0.2) is 62.6 Å². The number of carbonyl (C=O) groups is 1. The van der Waals surface area contributed by atoms with Gasteiger partial charge in [0.05, 0.1) is 11.5 Å². The second-order valence-corrected chi connectivity index (χ2v) is 8.35. The maximum Gasteiger partial charge on any atom is 0.347 e. The molecule has 7 nitrogen and oxygen atoms in total. The second-order valence-electron chi connectivity index (χ2n) is 6.74. The van der Waals surface area contributed by atoms with Gasteiger partial charge in [0.25, 0.3) is 10.1 Å². The van der Waals surface area contributed by atoms with Crippen molar-refractivity contribution >= 4 is 32.6 Å². The van der Waals surface area contributed by atoms with E-state index in [1.807, 2.05) is 6.92 Å². The number of ketones is 1. The lowest BCUT2D eigenvalue weighted by atomic mass is 10.1. The quantitative estimate of drug-likeness (QED) is 0.332. The predicted molar refractivity (Wildman–Crippen MR) is 110 cm³/mol. The molecule has 29 heavy (non-hydrogen) atoms. The number of hydrogen-bond donors (Lipinski definition) is 0. The molecule has 1 heterocycles. The predicted octanol–water partition coefficient (Wildman–Crippen LogP) is 3.15. The Balaban J connectivity index is 1.70. The Kier molecular flexibility index (Phi) is 5.86. The van der Waals surface area contributed by atoms with Crippen molar-refractivity contribution < 1.29 is 21.8 Å². The fraction of sp³-hybridized carbons (Fsp3) is 0.238. The van der Waals surface area contributed by atoms with Crippen LogP contribution in [0.2, 0.25) is 0 Å². The number of fused-ring (bicyclic) bond motifs is 1. The molecule has 3 rings (SSSR count). The van der Waals surface area contributed by atoms with Gasteiger partial charge < -0.3 is 9.32 Å². The number of benzene rings is 2. The van der Waals surface area contributed by atoms with Crippen LogP contribution in [0.5, 0.6) is 0 Å². The fourth-order valence-electron chi connectivity index (χ4n) is 2.77. The third-order valence-electron chi connectivity index (χ3n) is 4.51. The van der Waals surface area contributed by atoms with E-state index in [1.165, 1.54) is 25.1 Å². The van der Waals surface area contributed by atoms with Gasteiger partial charge in [-0.25, -0.2) is 4.79 Å². The van der Waals surface area contributed by atoms with E-state index in [2.05, 4.69) is 0 Å². The highest BCUT2D eigenvalue weighted by molar-refractivity contribution is 7.86. The Morgan fingerprint density at radius 2 is 1.79 bits per heavy atom. The van der Waals surface area contributed by atoms with Crippen molar-refractivity contribution in [1.29, 1.82) is 0 Å². The van der Waals surface area contributed by atoms with Crippen LogP contribution >= 0.6 is 0 Å². The summed E-state index contributed by atoms with van der Waals surface area (Å²) in [6.07, 6.45) is 0. The third-order valence-corrected chi connectivity index (χ3v) is 5.84. The summed E-state index contributed by atoms with van der Waals surface area (Å²) in [5.41, 5.74) is 1.35. The molecule has 1 aromatic heterocycles. The summed E-state index contributed by atoms with van der Waals surface area (Å²) in [6.45, 7) is 3.44. The van der Waals surface area contributed by atoms with E-state index in [9.17, 15) is 18.0 Å². The summed E-state index contributed by atoms with van der Waals surface area (Å²) >= 11 is 0. The van der Waals surface area contributed by atoms with Crippen LogP contribution in [-0.2, 0) is 14.3 Å². The molecular formula is C21H21NO6S. The molecule has 0 aliphatic rings. The molecule has 2 aromatic carbocycles. The second kappa shape index (κ2) is 8.18. The summed E-state index contributed by atoms with van der Waals surface area (Å²) in [5.74, 6) is -0.353. The number of nitrogens with zero attached hydrogens (tertiary/aromatic N) is 1. The monoisotopic (exact) mass is 415 g/mol. The third kappa shape index (κ3) is 4.72. The van der Waals surface area contributed by atoms with E-state index in [0.717, 1.165) is 5.56 Å². The first-order valence-corrected chi connectivity index (χ1v) is 10.3. The number of likely N-dealkylation sites (N-methyl/N-ethyl adjacent to an activating group) is 1. The average Bonchev–Trinajstić information content (AvgIpc) is 2.66. The van der Waals surface area contributed by atoms with Gasteiger partial charge in [0.1, 0.15) is 11.1 Å². The van der Waals surface area contributed by atoms with E-state index >= 15 is 0 Å². The Morgan fingerprint density at radius 1 is 1.10 bits per heavy atom. The van der Waals surface area contributed by atoms with Crippen LogP contribution in [0.4, 0.5) is 5.69 Å². The lowest BCUT2D eigenvalue weighted by Crippen LogP contribution is -2.24. The van der Waals surface area contributed by atoms with Crippen molar-refractivity contribution in [3.05, 3.63) is 70.1 Å². The summed E-state index contributed by atoms with van der Waals surface area (Å²) in [4.78, 5) is 25.3. The molecule has 0 aliphatic carbocycles. The van der Waals surface area contributed by atoms with Gasteiger partial charge in [0.15, 0.2) is 5.78 Å². The van der Waals surface area contributed by atoms with Crippen molar-refractivity contribution in [3.8, 4) is 0 Å². The highest BCUT2D eigenvalue weighted by atomic mass is 32.2. The molecule has 0 aliphatic heterocycles. The molecule has 152 valence electrons. The highest BCUT2D eigenvalue weighted by Gasteiger charge is 2.15. The molecule has 0 fully saturated rings. The zero-order chi connectivity index (χ0) is 21.2. The maximum absolute atomic E-state index is 12.2. The van der Waals surface area contributed by atoms with Gasteiger partial charge in [0.2, 0.25) is 0 Å². The van der Waals surface area contributed by atoms with Crippen LogP contribution in [0.25, 0.3) is 11.0 Å². The van der Waals surface area contributed by atoms with E-state index in [-0.39, 0.29) is 22.8 Å². The number of aryl methyl sites for hydroxylation is 1. The van der Waals surface area contributed by atoms with Gasteiger partial charge >= 0.3 is 5.63 Å². The van der Waals surface area contributed by atoms with Gasteiger partial charge in [-0.05, 0) is 44.2 Å². The molecule has 3 aromatic rings. The SMILES string of the molecule is CC(=O)c1cc2ccc(N(C)CCOS(=O)(=O)c3ccc(C)cc3)cc2oc1=O. The van der Waals surface area contributed by atoms with Crippen LogP contribution < -0.4 is 10.5 Å². The number of Topliss-reactive ketones (excluding diaryl/α,β-unsaturated/α-hetero) is 1. The molecule has 0 saturated heterocycles. The van der Waals surface area contributed by atoms with Gasteiger partial charge in [-0.1, -0.05) is 17.7 Å². The van der Waals surface area contributed by atoms with Crippen molar-refractivity contribution in [2.24, 2.45) is 0 Å². The molecular weight excluding hydrogens is 394 g/mol. The minimum atomic E-state index is -3.83. The van der Waals surface area contributed by atoms with E-state index in [0.29, 0.717) is 23.2 Å². The van der Waals surface area contributed by atoms with Crippen molar-refractivity contribution in [1.82, 2.24) is 0 Å². The van der Waals surface area contributed by atoms with Gasteiger partial charge in [-0.3, -0.25) is 8.98 Å². The first kappa shape index (κ1) is 20.8. The van der Waals surface area contributed by atoms with Gasteiger partial charge in [-0.15, -0.1) is 0 Å².